The summed E-state index contributed by atoms with van der Waals surface area (Å²) in [5.74, 6) is -0.323. The van der Waals surface area contributed by atoms with E-state index in [4.69, 9.17) is 9.47 Å². The molecule has 5 rings (SSSR count). The van der Waals surface area contributed by atoms with E-state index in [2.05, 4.69) is 48.9 Å². The lowest BCUT2D eigenvalue weighted by Crippen LogP contribution is -2.42. The molecule has 0 saturated heterocycles. The van der Waals surface area contributed by atoms with Gasteiger partial charge >= 0.3 is 5.97 Å². The van der Waals surface area contributed by atoms with Crippen LogP contribution in [0.4, 0.5) is 0 Å². The highest BCUT2D eigenvalue weighted by Gasteiger charge is 2.46. The van der Waals surface area contributed by atoms with E-state index in [1.54, 1.807) is 24.3 Å². The Morgan fingerprint density at radius 3 is 2.00 bits per heavy atom. The van der Waals surface area contributed by atoms with Gasteiger partial charge in [0.1, 0.15) is 6.61 Å². The van der Waals surface area contributed by atoms with Crippen LogP contribution in [0, 0.1) is 10.8 Å². The van der Waals surface area contributed by atoms with Gasteiger partial charge in [0.05, 0.1) is 16.6 Å². The third kappa shape index (κ3) is 5.85. The number of carbonyl (C=O) groups excluding carboxylic acids is 2. The molecule has 1 heterocycles. The predicted molar refractivity (Wildman–Crippen MR) is 159 cm³/mol. The molecular weight excluding hydrogens is 586 g/mol. The third-order valence-electron chi connectivity index (χ3n) is 7.97. The monoisotopic (exact) mass is 621 g/mol. The van der Waals surface area contributed by atoms with Crippen LogP contribution in [0.25, 0.3) is 0 Å². The summed E-state index contributed by atoms with van der Waals surface area (Å²) >= 11 is 3.68. The van der Waals surface area contributed by atoms with Crippen molar-refractivity contribution in [3.05, 3.63) is 80.1 Å². The number of dihydropyridines is 1. The van der Waals surface area contributed by atoms with Gasteiger partial charge in [0.2, 0.25) is 0 Å². The van der Waals surface area contributed by atoms with Gasteiger partial charge in [0.15, 0.2) is 23.1 Å². The lowest BCUT2D eigenvalue weighted by atomic mass is 9.64. The number of carboxylic acids is 1. The summed E-state index contributed by atoms with van der Waals surface area (Å²) in [5.41, 5.74) is 4.67. The van der Waals surface area contributed by atoms with Crippen LogP contribution >= 0.6 is 15.9 Å². The van der Waals surface area contributed by atoms with Crippen molar-refractivity contribution in [3.63, 3.8) is 0 Å². The highest BCUT2D eigenvalue weighted by atomic mass is 79.9. The number of carbonyl (C=O) groups is 3. The highest BCUT2D eigenvalue weighted by Crippen LogP contribution is 2.52. The smallest absolute Gasteiger partial charge is 0.335 e. The fraction of sp³-hybridized carbons (Fsp3) is 0.424. The van der Waals surface area contributed by atoms with Gasteiger partial charge in [0, 0.05) is 41.3 Å². The number of hydrogen-bond acceptors (Lipinski definition) is 6. The van der Waals surface area contributed by atoms with E-state index in [0.29, 0.717) is 46.6 Å². The first kappa shape index (κ1) is 29.1. The van der Waals surface area contributed by atoms with E-state index in [1.807, 2.05) is 19.1 Å². The van der Waals surface area contributed by atoms with Crippen molar-refractivity contribution in [1.29, 1.82) is 0 Å². The van der Waals surface area contributed by atoms with E-state index >= 15 is 0 Å². The number of allylic oxidation sites excluding steroid dienone is 4. The van der Waals surface area contributed by atoms with Crippen molar-refractivity contribution < 1.29 is 29.0 Å². The molecule has 3 aliphatic rings. The summed E-state index contributed by atoms with van der Waals surface area (Å²) < 4.78 is 12.8. The summed E-state index contributed by atoms with van der Waals surface area (Å²) in [5, 5.41) is 12.7. The first-order valence-electron chi connectivity index (χ1n) is 14.0. The van der Waals surface area contributed by atoms with Crippen LogP contribution in [0.2, 0.25) is 0 Å². The number of ketones is 2. The molecule has 41 heavy (non-hydrogen) atoms. The fourth-order valence-electron chi connectivity index (χ4n) is 6.28. The summed E-state index contributed by atoms with van der Waals surface area (Å²) in [4.78, 5) is 38.6. The van der Waals surface area contributed by atoms with Crippen molar-refractivity contribution in [2.45, 2.75) is 72.8 Å². The average Bonchev–Trinajstić information content (AvgIpc) is 2.85. The van der Waals surface area contributed by atoms with Gasteiger partial charge in [-0.15, -0.1) is 0 Å². The first-order chi connectivity index (χ1) is 19.3. The lowest BCUT2D eigenvalue weighted by molar-refractivity contribution is -0.119. The molecule has 0 amide bonds. The Bertz CT molecular complexity index is 1450. The molecule has 0 bridgehead atoms. The number of ether oxygens (including phenoxy) is 2. The fourth-order valence-corrected chi connectivity index (χ4v) is 6.85. The van der Waals surface area contributed by atoms with Gasteiger partial charge in [-0.3, -0.25) is 9.59 Å². The molecule has 0 radical (unpaired) electrons. The second-order valence-corrected chi connectivity index (χ2v) is 13.6. The van der Waals surface area contributed by atoms with E-state index in [9.17, 15) is 19.5 Å². The minimum atomic E-state index is -0.982. The van der Waals surface area contributed by atoms with Gasteiger partial charge in [-0.1, -0.05) is 39.8 Å². The maximum atomic E-state index is 13.7. The standard InChI is InChI=1S/C33H36BrNO6/c1-6-40-26-12-20(11-21(34)30(26)41-17-18-7-9-19(10-8-18)31(38)39)27-28-22(13-32(2,3)15-24(28)36)35-23-14-33(4,5)16-25(37)29(23)27/h7-12,27,35H,6,13-17H2,1-5H3,(H,38,39). The number of nitrogens with one attached hydrogen (secondary N) is 1. The first-order valence-corrected chi connectivity index (χ1v) is 14.8. The van der Waals surface area contributed by atoms with Crippen LogP contribution in [-0.2, 0) is 16.2 Å². The molecule has 7 nitrogen and oxygen atoms in total. The second kappa shape index (κ2) is 10.8. The van der Waals surface area contributed by atoms with Gasteiger partial charge in [-0.25, -0.2) is 4.79 Å². The van der Waals surface area contributed by atoms with Crippen molar-refractivity contribution in [1.82, 2.24) is 5.32 Å². The molecule has 0 atom stereocenters. The van der Waals surface area contributed by atoms with E-state index in [-0.39, 0.29) is 34.6 Å². The lowest BCUT2D eigenvalue weighted by Gasteiger charge is -2.44. The number of hydrogen-bond donors (Lipinski definition) is 2. The SMILES string of the molecule is CCOc1cc(C2C3=C(CC(C)(C)CC3=O)NC3=C2C(=O)CC(C)(C)C3)cc(Br)c1OCc1ccc(C(=O)O)cc1. The molecule has 2 aromatic carbocycles. The highest BCUT2D eigenvalue weighted by molar-refractivity contribution is 9.10. The van der Waals surface area contributed by atoms with E-state index in [0.717, 1.165) is 35.4 Å². The molecule has 0 aromatic heterocycles. The molecule has 2 aliphatic carbocycles. The summed E-state index contributed by atoms with van der Waals surface area (Å²) in [7, 11) is 0. The molecule has 0 spiro atoms. The van der Waals surface area contributed by atoms with Gasteiger partial charge in [-0.05, 0) is 81.9 Å². The van der Waals surface area contributed by atoms with Gasteiger partial charge in [0.25, 0.3) is 0 Å². The molecule has 2 N–H and O–H groups in total. The zero-order valence-electron chi connectivity index (χ0n) is 24.2. The van der Waals surface area contributed by atoms with Gasteiger partial charge < -0.3 is 19.9 Å². The van der Waals surface area contributed by atoms with Crippen molar-refractivity contribution in [2.75, 3.05) is 6.61 Å². The van der Waals surface area contributed by atoms with Crippen LogP contribution in [0.3, 0.4) is 0 Å². The number of aromatic carboxylic acids is 1. The Balaban J connectivity index is 1.57. The van der Waals surface area contributed by atoms with E-state index in [1.165, 1.54) is 0 Å². The molecule has 216 valence electrons. The maximum absolute atomic E-state index is 13.7. The molecule has 1 aliphatic heterocycles. The molecule has 0 unspecified atom stereocenters. The summed E-state index contributed by atoms with van der Waals surface area (Å²) in [6.45, 7) is 10.9. The zero-order valence-corrected chi connectivity index (χ0v) is 25.7. The molecule has 2 aromatic rings. The number of halogens is 1. The Labute approximate surface area is 249 Å². The number of benzene rings is 2. The van der Waals surface area contributed by atoms with Crippen LogP contribution in [0.15, 0.2) is 63.4 Å². The minimum Gasteiger partial charge on any atom is -0.490 e. The molecule has 0 saturated carbocycles. The quantitative estimate of drug-likeness (QED) is 0.340. The Morgan fingerprint density at radius 1 is 0.927 bits per heavy atom. The van der Waals surface area contributed by atoms with Crippen LogP contribution in [0.1, 0.15) is 87.7 Å². The molecule has 8 heteroatoms. The topological polar surface area (TPSA) is 102 Å². The Kier molecular flexibility index (Phi) is 7.66. The summed E-state index contributed by atoms with van der Waals surface area (Å²) in [6, 6.07) is 10.3. The second-order valence-electron chi connectivity index (χ2n) is 12.8. The normalized spacial score (nSPS) is 19.9. The largest absolute Gasteiger partial charge is 0.490 e. The number of Topliss-reactive ketones (excluding diaryl/α,β-unsaturated/α-hetero) is 2. The van der Waals surface area contributed by atoms with Crippen molar-refractivity contribution in [2.24, 2.45) is 10.8 Å². The van der Waals surface area contributed by atoms with Crippen molar-refractivity contribution >= 4 is 33.5 Å². The zero-order chi connectivity index (χ0) is 29.7. The maximum Gasteiger partial charge on any atom is 0.335 e. The van der Waals surface area contributed by atoms with Crippen molar-refractivity contribution in [3.8, 4) is 11.5 Å². The van der Waals surface area contributed by atoms with Crippen LogP contribution < -0.4 is 14.8 Å². The number of rotatable bonds is 7. The predicted octanol–water partition coefficient (Wildman–Crippen LogP) is 7.10. The minimum absolute atomic E-state index is 0.0668. The number of carboxylic acid groups (broad SMARTS) is 1. The summed E-state index contributed by atoms with van der Waals surface area (Å²) in [6.07, 6.45) is 2.32. The Morgan fingerprint density at radius 2 is 1.49 bits per heavy atom. The van der Waals surface area contributed by atoms with E-state index < -0.39 is 11.9 Å². The van der Waals surface area contributed by atoms with Crippen LogP contribution in [-0.4, -0.2) is 29.2 Å². The molecule has 0 fully saturated rings. The van der Waals surface area contributed by atoms with Crippen LogP contribution in [0.5, 0.6) is 11.5 Å². The van der Waals surface area contributed by atoms with Gasteiger partial charge in [-0.2, -0.15) is 0 Å². The Hall–Kier alpha value is -3.39. The molecular formula is C33H36BrNO6. The third-order valence-corrected chi connectivity index (χ3v) is 8.56. The average molecular weight is 623 g/mol.